The zero-order valence-corrected chi connectivity index (χ0v) is 40.0. The second kappa shape index (κ2) is 28.9. The van der Waals surface area contributed by atoms with Crippen LogP contribution < -0.4 is 32.3 Å². The molecule has 5 rings (SSSR count). The van der Waals surface area contributed by atoms with Crippen LogP contribution in [0.1, 0.15) is 87.9 Å². The summed E-state index contributed by atoms with van der Waals surface area (Å²) in [5.74, 6) is 2.35. The van der Waals surface area contributed by atoms with E-state index in [1.165, 1.54) is 10.9 Å². The number of carbonyl (C=O) groups excluding carboxylic acids is 2. The number of ether oxygens (including phenoxy) is 3. The van der Waals surface area contributed by atoms with Crippen molar-refractivity contribution in [2.45, 2.75) is 76.5 Å². The van der Waals surface area contributed by atoms with Crippen molar-refractivity contribution in [3.63, 3.8) is 0 Å². The Morgan fingerprint density at radius 3 is 1.85 bits per heavy atom. The molecule has 2 aliphatic rings. The first-order chi connectivity index (χ1) is 32.5. The predicted octanol–water partition coefficient (Wildman–Crippen LogP) is -0.617. The van der Waals surface area contributed by atoms with Crippen LogP contribution in [0, 0.1) is 18.3 Å². The van der Waals surface area contributed by atoms with Crippen LogP contribution in [-0.2, 0) is 28.6 Å². The highest BCUT2D eigenvalue weighted by molar-refractivity contribution is 5.85. The number of carboxylic acids is 1. The largest absolute Gasteiger partial charge is 0.481 e. The van der Waals surface area contributed by atoms with Crippen molar-refractivity contribution in [2.24, 2.45) is 23.1 Å². The number of amides is 2. The van der Waals surface area contributed by atoms with E-state index in [2.05, 4.69) is 45.7 Å². The number of aromatic nitrogens is 9. The number of hydrogen-bond acceptors (Lipinski definition) is 20. The lowest BCUT2D eigenvalue weighted by Gasteiger charge is -2.38. The molecule has 25 nitrogen and oxygen atoms in total. The van der Waals surface area contributed by atoms with E-state index in [9.17, 15) is 24.6 Å². The Hall–Kier alpha value is -5.33. The number of unbranched alkanes of at least 4 members (excludes halogenated alkanes) is 1. The van der Waals surface area contributed by atoms with Gasteiger partial charge in [-0.2, -0.15) is 15.0 Å². The topological polar surface area (TPSA) is 322 Å². The van der Waals surface area contributed by atoms with E-state index in [4.69, 9.17) is 52.8 Å². The third-order valence-electron chi connectivity index (χ3n) is 11.8. The lowest BCUT2D eigenvalue weighted by molar-refractivity contribution is -0.139. The van der Waals surface area contributed by atoms with Crippen LogP contribution in [-0.4, -0.2) is 194 Å². The summed E-state index contributed by atoms with van der Waals surface area (Å²) in [4.78, 5) is 61.6. The number of piperazine rings is 2. The van der Waals surface area contributed by atoms with E-state index >= 15 is 0 Å². The van der Waals surface area contributed by atoms with Crippen LogP contribution in [0.5, 0.6) is 0 Å². The van der Waals surface area contributed by atoms with Crippen molar-refractivity contribution < 1.29 is 38.8 Å². The molecule has 68 heavy (non-hydrogen) atoms. The van der Waals surface area contributed by atoms with Gasteiger partial charge in [-0.25, -0.2) is 9.36 Å². The van der Waals surface area contributed by atoms with Crippen molar-refractivity contribution in [2.75, 3.05) is 127 Å². The van der Waals surface area contributed by atoms with Crippen molar-refractivity contribution in [1.82, 2.24) is 54.7 Å². The fraction of sp³-hybridized carbons (Fsp3) is 0.714. The molecule has 0 saturated carbocycles. The quantitative estimate of drug-likeness (QED) is 0.0373. The number of anilines is 3. The third-order valence-corrected chi connectivity index (χ3v) is 11.8. The van der Waals surface area contributed by atoms with E-state index in [0.29, 0.717) is 128 Å². The van der Waals surface area contributed by atoms with Gasteiger partial charge in [-0.05, 0) is 38.1 Å². The van der Waals surface area contributed by atoms with Crippen LogP contribution in [0.2, 0.25) is 0 Å². The minimum atomic E-state index is -1.05. The molecule has 2 aliphatic heterocycles. The van der Waals surface area contributed by atoms with Gasteiger partial charge in [0.05, 0.1) is 69.8 Å². The molecule has 0 aromatic carbocycles. The summed E-state index contributed by atoms with van der Waals surface area (Å²) in [6.07, 6.45) is 11.2. The Bertz CT molecular complexity index is 2020. The lowest BCUT2D eigenvalue weighted by Crippen LogP contribution is -2.52. The Morgan fingerprint density at radius 1 is 0.794 bits per heavy atom. The summed E-state index contributed by atoms with van der Waals surface area (Å²) >= 11 is 0. The maximum atomic E-state index is 14.2. The zero-order valence-electron chi connectivity index (χ0n) is 39.2. The SMILES string of the molecule is C#CCOCCOCCOCCNc1nc(N2CCN(C(=O)[C@H](CCC(=O)O)n3cc(C(N)CO)nn3)CC2)nc(N2CCN(C(=O)[C@H](CCCCN)n3cc(C(N)[C@H](C)CC)nn3)CC2)n1.Cl. The summed E-state index contributed by atoms with van der Waals surface area (Å²) < 4.78 is 19.4. The van der Waals surface area contributed by atoms with Crippen LogP contribution in [0.3, 0.4) is 0 Å². The zero-order chi connectivity index (χ0) is 48.1. The molecule has 5 atom stereocenters. The van der Waals surface area contributed by atoms with Crippen LogP contribution in [0.25, 0.3) is 0 Å². The Morgan fingerprint density at radius 2 is 1.32 bits per heavy atom. The van der Waals surface area contributed by atoms with Crippen molar-refractivity contribution in [3.05, 3.63) is 23.8 Å². The molecule has 2 amide bonds. The maximum absolute atomic E-state index is 14.2. The fourth-order valence-electron chi connectivity index (χ4n) is 7.52. The summed E-state index contributed by atoms with van der Waals surface area (Å²) in [6.45, 7) is 9.91. The number of hydrogen-bond donors (Lipinski definition) is 6. The number of aliphatic carboxylic acids is 1. The first-order valence-corrected chi connectivity index (χ1v) is 23.1. The summed E-state index contributed by atoms with van der Waals surface area (Å²) in [5.41, 5.74) is 19.1. The summed E-state index contributed by atoms with van der Waals surface area (Å²) in [6, 6.07) is -2.58. The molecular formula is C42H70ClN17O8. The lowest BCUT2D eigenvalue weighted by atomic mass is 9.98. The van der Waals surface area contributed by atoms with Gasteiger partial charge in [0.2, 0.25) is 29.7 Å². The second-order valence-electron chi connectivity index (χ2n) is 16.5. The molecule has 2 saturated heterocycles. The average Bonchev–Trinajstić information content (AvgIpc) is 4.05. The second-order valence-corrected chi connectivity index (χ2v) is 16.5. The molecule has 0 radical (unpaired) electrons. The van der Waals surface area contributed by atoms with Gasteiger partial charge in [0.1, 0.15) is 24.4 Å². The fourth-order valence-corrected chi connectivity index (χ4v) is 7.52. The Kier molecular flexibility index (Phi) is 23.5. The first kappa shape index (κ1) is 55.3. The van der Waals surface area contributed by atoms with E-state index in [-0.39, 0.29) is 67.9 Å². The molecule has 0 spiro atoms. The van der Waals surface area contributed by atoms with Crippen LogP contribution >= 0.6 is 12.4 Å². The summed E-state index contributed by atoms with van der Waals surface area (Å²) in [5, 5.41) is 39.0. The van der Waals surface area contributed by atoms with Gasteiger partial charge < -0.3 is 66.5 Å². The number of nitrogens with two attached hydrogens (primary N) is 3. The van der Waals surface area contributed by atoms with Gasteiger partial charge in [0.25, 0.3) is 0 Å². The first-order valence-electron chi connectivity index (χ1n) is 23.1. The van der Waals surface area contributed by atoms with E-state index in [1.807, 2.05) is 14.7 Å². The Labute approximate surface area is 403 Å². The van der Waals surface area contributed by atoms with E-state index in [1.54, 1.807) is 15.8 Å². The molecule has 0 aliphatic carbocycles. The number of carbonyl (C=O) groups is 3. The molecule has 3 aromatic heterocycles. The minimum absolute atomic E-state index is 0. The average molecular weight is 977 g/mol. The van der Waals surface area contributed by atoms with Gasteiger partial charge in [-0.1, -0.05) is 36.6 Å². The molecular weight excluding hydrogens is 906 g/mol. The number of nitrogens with one attached hydrogen (secondary N) is 1. The van der Waals surface area contributed by atoms with E-state index < -0.39 is 24.1 Å². The highest BCUT2D eigenvalue weighted by Crippen LogP contribution is 2.26. The number of terminal acetylenes is 1. The highest BCUT2D eigenvalue weighted by atomic mass is 35.5. The number of carboxylic acid groups (broad SMARTS) is 1. The molecule has 26 heteroatoms. The molecule has 378 valence electrons. The standard InChI is InChI=1S/C42H69N17O8.ClH/c1-4-21-65-23-25-67-26-24-66-22-12-46-40-47-41(56-17-13-54(14-18-56)38(63)34(8-6-7-11-43)59-28-33(51-53-59)37(45)30(3)5-2)49-42(48-40)57-19-15-55(16-20-57)39(64)35(9-10-36(61)62)58-27-32(50-52-58)31(44)29-60;/h1,27-28,30-31,34-35,37,60H,5-26,29,43-45H2,2-3H3,(H,61,62)(H,46,47,48,49);1H/t30-,31?,34+,35+,37?;/m1./s1. The van der Waals surface area contributed by atoms with Gasteiger partial charge in [-0.15, -0.1) is 29.0 Å². The molecule has 3 aromatic rings. The number of halogens is 1. The molecule has 2 unspecified atom stereocenters. The smallest absolute Gasteiger partial charge is 0.303 e. The predicted molar refractivity (Wildman–Crippen MR) is 253 cm³/mol. The Balaban J connectivity index is 0.0000101. The van der Waals surface area contributed by atoms with Gasteiger partial charge in [-0.3, -0.25) is 14.4 Å². The van der Waals surface area contributed by atoms with Gasteiger partial charge >= 0.3 is 5.97 Å². The maximum Gasteiger partial charge on any atom is 0.303 e. The van der Waals surface area contributed by atoms with Crippen LogP contribution in [0.4, 0.5) is 17.8 Å². The van der Waals surface area contributed by atoms with Crippen molar-refractivity contribution in [1.29, 1.82) is 0 Å². The van der Waals surface area contributed by atoms with Crippen molar-refractivity contribution >= 4 is 48.0 Å². The highest BCUT2D eigenvalue weighted by Gasteiger charge is 2.34. The van der Waals surface area contributed by atoms with Crippen molar-refractivity contribution in [3.8, 4) is 12.3 Å². The minimum Gasteiger partial charge on any atom is -0.481 e. The monoisotopic (exact) mass is 976 g/mol. The van der Waals surface area contributed by atoms with Crippen LogP contribution in [0.15, 0.2) is 12.4 Å². The molecule has 0 bridgehead atoms. The van der Waals surface area contributed by atoms with E-state index in [0.717, 1.165) is 19.3 Å². The molecule has 5 heterocycles. The van der Waals surface area contributed by atoms with Gasteiger partial charge in [0.15, 0.2) is 0 Å². The number of rotatable bonds is 29. The number of nitrogens with zero attached hydrogens (tertiary/aromatic N) is 13. The number of aliphatic hydroxyl groups is 1. The third kappa shape index (κ3) is 16.1. The molecule has 2 fully saturated rings. The normalized spacial score (nSPS) is 16.4. The van der Waals surface area contributed by atoms with Gasteiger partial charge in [0, 0.05) is 65.3 Å². The summed E-state index contributed by atoms with van der Waals surface area (Å²) in [7, 11) is 0. The molecule has 9 N–H and O–H groups in total. The number of aliphatic hydroxyl groups excluding tert-OH is 1.